The molecular weight excluding hydrogens is 166 g/mol. The molecule has 0 saturated carbocycles. The van der Waals surface area contributed by atoms with Crippen LogP contribution in [0, 0.1) is 0 Å². The van der Waals surface area contributed by atoms with Crippen molar-refractivity contribution in [1.82, 2.24) is 4.81 Å². The highest BCUT2D eigenvalue weighted by atomic mass is 19.4. The van der Waals surface area contributed by atoms with E-state index in [9.17, 15) is 13.2 Å². The van der Waals surface area contributed by atoms with Crippen molar-refractivity contribution in [2.45, 2.75) is 31.0 Å². The molecule has 1 fully saturated rings. The van der Waals surface area contributed by atoms with E-state index in [0.29, 0.717) is 11.2 Å². The van der Waals surface area contributed by atoms with Gasteiger partial charge in [0.25, 0.3) is 0 Å². The first-order chi connectivity index (χ1) is 5.42. The molecule has 1 radical (unpaired) electrons. The Bertz CT molecular complexity index is 237. The van der Waals surface area contributed by atoms with E-state index >= 15 is 0 Å². The van der Waals surface area contributed by atoms with Gasteiger partial charge in [0.05, 0.1) is 0 Å². The molecule has 2 rings (SSSR count). The fourth-order valence-corrected chi connectivity index (χ4v) is 1.96. The lowest BCUT2D eigenvalue weighted by molar-refractivity contribution is -0.228. The monoisotopic (exact) mass is 174 g/mol. The maximum Gasteiger partial charge on any atom is 0.449 e. The Labute approximate surface area is 69.5 Å². The first kappa shape index (κ1) is 8.17. The van der Waals surface area contributed by atoms with Crippen LogP contribution in [0.2, 0.25) is 5.82 Å². The summed E-state index contributed by atoms with van der Waals surface area (Å²) in [6.45, 7) is 1.61. The molecule has 1 nitrogen and oxygen atoms in total. The lowest BCUT2D eigenvalue weighted by Gasteiger charge is -2.34. The van der Waals surface area contributed by atoms with Crippen LogP contribution in [-0.2, 0) is 0 Å². The molecule has 5 heteroatoms. The van der Waals surface area contributed by atoms with Gasteiger partial charge in [-0.25, -0.2) is 0 Å². The zero-order valence-electron chi connectivity index (χ0n) is 6.60. The standard InChI is InChI=1S/C7H8BF3N/c1-6-3-2-5(4-6)8-12(6)7(9,10)11/h2-3,5H,4H2,1H3. The number of hydrogen-bond acceptors (Lipinski definition) is 1. The van der Waals surface area contributed by atoms with Crippen LogP contribution >= 0.6 is 0 Å². The van der Waals surface area contributed by atoms with Crippen molar-refractivity contribution in [3.05, 3.63) is 12.2 Å². The summed E-state index contributed by atoms with van der Waals surface area (Å²) >= 11 is 0. The van der Waals surface area contributed by atoms with Crippen molar-refractivity contribution in [1.29, 1.82) is 0 Å². The molecule has 1 saturated heterocycles. The average Bonchev–Trinajstić information content (AvgIpc) is 2.39. The Morgan fingerprint density at radius 2 is 2.25 bits per heavy atom. The van der Waals surface area contributed by atoms with Crippen molar-refractivity contribution in [3.8, 4) is 0 Å². The first-order valence-electron chi connectivity index (χ1n) is 3.82. The molecule has 0 aromatic rings. The number of fused-ring (bicyclic) bond motifs is 2. The van der Waals surface area contributed by atoms with Crippen LogP contribution < -0.4 is 0 Å². The van der Waals surface area contributed by atoms with Crippen molar-refractivity contribution in [2.75, 3.05) is 0 Å². The molecule has 1 heterocycles. The van der Waals surface area contributed by atoms with E-state index < -0.39 is 11.8 Å². The molecule has 2 unspecified atom stereocenters. The molecule has 0 amide bonds. The van der Waals surface area contributed by atoms with E-state index in [0.717, 1.165) is 0 Å². The van der Waals surface area contributed by atoms with Crippen LogP contribution in [0.25, 0.3) is 0 Å². The number of nitrogens with zero attached hydrogens (tertiary/aromatic N) is 1. The second-order valence-corrected chi connectivity index (χ2v) is 3.57. The summed E-state index contributed by atoms with van der Waals surface area (Å²) in [6, 6.07) is 0. The van der Waals surface area contributed by atoms with Gasteiger partial charge in [-0.1, -0.05) is 12.2 Å². The summed E-state index contributed by atoms with van der Waals surface area (Å²) in [4.78, 5) is 0.505. The van der Waals surface area contributed by atoms with Gasteiger partial charge in [0.1, 0.15) is 0 Å². The SMILES string of the molecule is CC12C=CC([B]N1C(F)(F)F)C2. The molecule has 1 aliphatic heterocycles. The third-order valence-electron chi connectivity index (χ3n) is 2.52. The Kier molecular flexibility index (Phi) is 1.41. The predicted molar refractivity (Wildman–Crippen MR) is 39.6 cm³/mol. The van der Waals surface area contributed by atoms with E-state index in [1.807, 2.05) is 6.08 Å². The molecule has 2 atom stereocenters. The third-order valence-corrected chi connectivity index (χ3v) is 2.52. The van der Waals surface area contributed by atoms with Gasteiger partial charge in [0.15, 0.2) is 0 Å². The minimum absolute atomic E-state index is 0.0170. The molecule has 12 heavy (non-hydrogen) atoms. The molecule has 65 valence electrons. The summed E-state index contributed by atoms with van der Waals surface area (Å²) in [6.07, 6.45) is -0.186. The van der Waals surface area contributed by atoms with E-state index in [4.69, 9.17) is 0 Å². The van der Waals surface area contributed by atoms with Crippen LogP contribution in [0.4, 0.5) is 13.2 Å². The minimum atomic E-state index is -4.23. The maximum absolute atomic E-state index is 12.3. The van der Waals surface area contributed by atoms with Gasteiger partial charge in [0.2, 0.25) is 7.41 Å². The van der Waals surface area contributed by atoms with Crippen LogP contribution in [0.5, 0.6) is 0 Å². The van der Waals surface area contributed by atoms with E-state index in [1.54, 1.807) is 13.0 Å². The summed E-state index contributed by atoms with van der Waals surface area (Å²) in [5.41, 5.74) is -0.817. The van der Waals surface area contributed by atoms with Gasteiger partial charge in [0, 0.05) is 5.54 Å². The number of alkyl halides is 3. The quantitative estimate of drug-likeness (QED) is 0.308. The Morgan fingerprint density at radius 3 is 2.50 bits per heavy atom. The highest BCUT2D eigenvalue weighted by Crippen LogP contribution is 2.47. The topological polar surface area (TPSA) is 3.24 Å². The van der Waals surface area contributed by atoms with Crippen LogP contribution in [0.3, 0.4) is 0 Å². The van der Waals surface area contributed by atoms with Crippen molar-refractivity contribution in [3.63, 3.8) is 0 Å². The van der Waals surface area contributed by atoms with Gasteiger partial charge >= 0.3 is 6.30 Å². The molecule has 0 aromatic heterocycles. The molecule has 0 aromatic carbocycles. The molecule has 0 N–H and O–H groups in total. The lowest BCUT2D eigenvalue weighted by Crippen LogP contribution is -2.50. The average molecular weight is 174 g/mol. The number of hydrogen-bond donors (Lipinski definition) is 0. The lowest BCUT2D eigenvalue weighted by atomic mass is 9.77. The summed E-state index contributed by atoms with van der Waals surface area (Å²) < 4.78 is 37.0. The second-order valence-electron chi connectivity index (χ2n) is 3.57. The smallest absolute Gasteiger partial charge is 0.252 e. The van der Waals surface area contributed by atoms with Crippen molar-refractivity contribution >= 4 is 7.41 Å². The number of halogens is 3. The Morgan fingerprint density at radius 1 is 1.58 bits per heavy atom. The molecule has 0 spiro atoms. The Balaban J connectivity index is 2.27. The molecular formula is C7H8BF3N. The fourth-order valence-electron chi connectivity index (χ4n) is 1.96. The van der Waals surface area contributed by atoms with Gasteiger partial charge in [-0.15, -0.1) is 0 Å². The second kappa shape index (κ2) is 2.07. The van der Waals surface area contributed by atoms with Gasteiger partial charge in [-0.2, -0.15) is 13.2 Å². The summed E-state index contributed by atoms with van der Waals surface area (Å²) in [5, 5.41) is 0. The normalized spacial score (nSPS) is 40.5. The van der Waals surface area contributed by atoms with Crippen LogP contribution in [0.15, 0.2) is 12.2 Å². The van der Waals surface area contributed by atoms with Gasteiger partial charge in [-0.05, 0) is 19.2 Å². The van der Waals surface area contributed by atoms with Crippen LogP contribution in [-0.4, -0.2) is 24.1 Å². The third kappa shape index (κ3) is 0.992. The maximum atomic E-state index is 12.3. The van der Waals surface area contributed by atoms with Crippen molar-refractivity contribution in [2.24, 2.45) is 0 Å². The zero-order chi connectivity index (χ0) is 8.98. The zero-order valence-corrected chi connectivity index (χ0v) is 6.60. The van der Waals surface area contributed by atoms with Gasteiger partial charge in [-0.3, -0.25) is 4.81 Å². The highest BCUT2D eigenvalue weighted by molar-refractivity contribution is 6.37. The number of rotatable bonds is 0. The van der Waals surface area contributed by atoms with Crippen molar-refractivity contribution < 1.29 is 13.2 Å². The number of allylic oxidation sites excluding steroid dienone is 1. The molecule has 1 aliphatic carbocycles. The van der Waals surface area contributed by atoms with Gasteiger partial charge < -0.3 is 0 Å². The largest absolute Gasteiger partial charge is 0.449 e. The molecule has 2 aliphatic rings. The summed E-state index contributed by atoms with van der Waals surface area (Å²) in [7, 11) is 1.26. The summed E-state index contributed by atoms with van der Waals surface area (Å²) in [5.74, 6) is -0.0170. The van der Waals surface area contributed by atoms with E-state index in [-0.39, 0.29) is 5.82 Å². The van der Waals surface area contributed by atoms with E-state index in [1.165, 1.54) is 7.41 Å². The highest BCUT2D eigenvalue weighted by Gasteiger charge is 2.55. The predicted octanol–water partition coefficient (Wildman–Crippen LogP) is 1.95. The van der Waals surface area contributed by atoms with Crippen LogP contribution in [0.1, 0.15) is 13.3 Å². The Hall–Kier alpha value is -0.445. The fraction of sp³-hybridized carbons (Fsp3) is 0.714. The molecule has 2 bridgehead atoms. The first-order valence-corrected chi connectivity index (χ1v) is 3.82. The minimum Gasteiger partial charge on any atom is -0.252 e. The van der Waals surface area contributed by atoms with E-state index in [2.05, 4.69) is 0 Å².